The van der Waals surface area contributed by atoms with Crippen LogP contribution in [0.1, 0.15) is 30.7 Å². The molecule has 0 unspecified atom stereocenters. The minimum Gasteiger partial charge on any atom is -0.351 e. The van der Waals surface area contributed by atoms with E-state index in [0.29, 0.717) is 18.8 Å². The Morgan fingerprint density at radius 2 is 1.88 bits per heavy atom. The highest BCUT2D eigenvalue weighted by Crippen LogP contribution is 2.38. The molecule has 0 aliphatic carbocycles. The summed E-state index contributed by atoms with van der Waals surface area (Å²) >= 11 is 0. The van der Waals surface area contributed by atoms with Gasteiger partial charge in [-0.3, -0.25) is 4.79 Å². The topological polar surface area (TPSA) is 63.4 Å². The number of amides is 1. The summed E-state index contributed by atoms with van der Waals surface area (Å²) in [6, 6.07) is 9.74. The highest BCUT2D eigenvalue weighted by atomic mass is 31.2. The first-order valence-corrected chi connectivity index (χ1v) is 9.19. The first kappa shape index (κ1) is 16.9. The van der Waals surface area contributed by atoms with Gasteiger partial charge in [0.25, 0.3) is 5.91 Å². The molecule has 126 valence electrons. The van der Waals surface area contributed by atoms with Gasteiger partial charge in [-0.15, -0.1) is 0 Å². The first-order valence-electron chi connectivity index (χ1n) is 8.02. The number of rotatable bonds is 6. The summed E-state index contributed by atoms with van der Waals surface area (Å²) in [6.45, 7) is 7.10. The van der Waals surface area contributed by atoms with Crippen LogP contribution in [-0.4, -0.2) is 24.1 Å². The highest BCUT2D eigenvalue weighted by molar-refractivity contribution is 7.55. The van der Waals surface area contributed by atoms with E-state index in [-0.39, 0.29) is 5.91 Å². The molecular formula is C18H21N2O3P. The molecule has 2 heterocycles. The second-order valence-corrected chi connectivity index (χ2v) is 6.91. The zero-order chi connectivity index (χ0) is 17.1. The second kappa shape index (κ2) is 7.31. The Morgan fingerprint density at radius 3 is 2.58 bits per heavy atom. The van der Waals surface area contributed by atoms with E-state index in [4.69, 9.17) is 9.05 Å². The number of fused-ring (bicyclic) bond motifs is 1. The first-order chi connectivity index (χ1) is 11.6. The van der Waals surface area contributed by atoms with Crippen molar-refractivity contribution in [1.82, 2.24) is 4.98 Å². The quantitative estimate of drug-likeness (QED) is 0.618. The number of nitrogens with one attached hydrogen (secondary N) is 2. The number of para-hydroxylation sites is 1. The summed E-state index contributed by atoms with van der Waals surface area (Å²) < 4.78 is 11.4. The average molecular weight is 344 g/mol. The minimum atomic E-state index is -1.12. The molecule has 1 aromatic carbocycles. The molecule has 2 aromatic rings. The molecular weight excluding hydrogens is 323 g/mol. The van der Waals surface area contributed by atoms with E-state index in [0.717, 1.165) is 27.9 Å². The number of hydrogen-bond donors (Lipinski definition) is 2. The van der Waals surface area contributed by atoms with Crippen LogP contribution in [0.15, 0.2) is 30.3 Å². The molecule has 0 fully saturated rings. The van der Waals surface area contributed by atoms with Crippen molar-refractivity contribution in [1.29, 1.82) is 0 Å². The molecule has 0 bridgehead atoms. The van der Waals surface area contributed by atoms with Gasteiger partial charge in [0.15, 0.2) is 0 Å². The number of aromatic amines is 1. The smallest absolute Gasteiger partial charge is 0.256 e. The van der Waals surface area contributed by atoms with E-state index in [1.54, 1.807) is 0 Å². The predicted octanol–water partition coefficient (Wildman–Crippen LogP) is 3.83. The van der Waals surface area contributed by atoms with E-state index in [1.807, 2.05) is 57.2 Å². The number of carbonyl (C=O) groups excluding carboxylic acids is 1. The number of hydrogen-bond acceptors (Lipinski definition) is 3. The Morgan fingerprint density at radius 1 is 1.17 bits per heavy atom. The number of aryl methyl sites for hydroxylation is 1. The maximum Gasteiger partial charge on any atom is 0.256 e. The highest BCUT2D eigenvalue weighted by Gasteiger charge is 2.24. The van der Waals surface area contributed by atoms with Gasteiger partial charge in [0.05, 0.1) is 24.2 Å². The Hall–Kier alpha value is -1.94. The van der Waals surface area contributed by atoms with Gasteiger partial charge < -0.3 is 19.3 Å². The van der Waals surface area contributed by atoms with Crippen molar-refractivity contribution in [3.05, 3.63) is 47.2 Å². The normalized spacial score (nSPS) is 15.2. The van der Waals surface area contributed by atoms with Crippen molar-refractivity contribution < 1.29 is 13.8 Å². The second-order valence-electron chi connectivity index (χ2n) is 5.40. The fourth-order valence-corrected chi connectivity index (χ4v) is 3.97. The molecule has 0 radical (unpaired) electrons. The predicted molar refractivity (Wildman–Crippen MR) is 98.3 cm³/mol. The van der Waals surface area contributed by atoms with Crippen molar-refractivity contribution in [3.8, 4) is 0 Å². The van der Waals surface area contributed by atoms with Gasteiger partial charge in [-0.25, -0.2) is 0 Å². The Bertz CT molecular complexity index is 776. The third-order valence-electron chi connectivity index (χ3n) is 3.73. The summed E-state index contributed by atoms with van der Waals surface area (Å²) in [5.41, 5.74) is 5.32. The molecule has 5 nitrogen and oxygen atoms in total. The lowest BCUT2D eigenvalue weighted by atomic mass is 10.1. The largest absolute Gasteiger partial charge is 0.351 e. The molecule has 1 amide bonds. The van der Waals surface area contributed by atoms with E-state index >= 15 is 0 Å². The van der Waals surface area contributed by atoms with Crippen LogP contribution in [0.5, 0.6) is 0 Å². The molecule has 3 rings (SSSR count). The maximum absolute atomic E-state index is 12.3. The zero-order valence-electron chi connectivity index (χ0n) is 14.1. The Balaban J connectivity index is 1.95. The fourth-order valence-electron chi connectivity index (χ4n) is 2.64. The monoisotopic (exact) mass is 344 g/mol. The zero-order valence-corrected chi connectivity index (χ0v) is 14.9. The van der Waals surface area contributed by atoms with Crippen LogP contribution < -0.4 is 10.8 Å². The lowest BCUT2D eigenvalue weighted by Gasteiger charge is -2.13. The third-order valence-corrected chi connectivity index (χ3v) is 5.35. The van der Waals surface area contributed by atoms with Crippen molar-refractivity contribution in [2.24, 2.45) is 0 Å². The Kier molecular flexibility index (Phi) is 5.14. The number of aromatic nitrogens is 1. The maximum atomic E-state index is 12.3. The van der Waals surface area contributed by atoms with Gasteiger partial charge in [0, 0.05) is 16.9 Å². The lowest BCUT2D eigenvalue weighted by Crippen LogP contribution is -2.07. The van der Waals surface area contributed by atoms with Gasteiger partial charge in [-0.1, -0.05) is 18.2 Å². The molecule has 2 N–H and O–H groups in total. The van der Waals surface area contributed by atoms with Gasteiger partial charge in [0.2, 0.25) is 8.38 Å². The van der Waals surface area contributed by atoms with E-state index in [9.17, 15) is 4.79 Å². The summed E-state index contributed by atoms with van der Waals surface area (Å²) in [7, 11) is -1.12. The summed E-state index contributed by atoms with van der Waals surface area (Å²) in [6.07, 6.45) is 1.89. The van der Waals surface area contributed by atoms with Crippen LogP contribution in [0.4, 0.5) is 5.69 Å². The van der Waals surface area contributed by atoms with E-state index < -0.39 is 8.38 Å². The average Bonchev–Trinajstić information content (AvgIpc) is 3.08. The van der Waals surface area contributed by atoms with Crippen LogP contribution in [0.3, 0.4) is 0 Å². The molecule has 0 atom stereocenters. The molecule has 0 saturated heterocycles. The standard InChI is InChI=1S/C18H21N2O3P/c1-4-22-24(23-5-2)17-10-12(3)16(19-17)11-14-13-8-6-7-9-15(13)20-18(14)21/h6-11,19H,4-5H2,1-3H3,(H,20,21)/b14-11-. The van der Waals surface area contributed by atoms with Crippen molar-refractivity contribution in [2.75, 3.05) is 18.5 Å². The third kappa shape index (κ3) is 3.29. The molecule has 1 aliphatic rings. The number of benzene rings is 1. The number of carbonyl (C=O) groups is 1. The van der Waals surface area contributed by atoms with Crippen LogP contribution in [-0.2, 0) is 13.8 Å². The molecule has 0 saturated carbocycles. The number of H-pyrrole nitrogens is 1. The van der Waals surface area contributed by atoms with Gasteiger partial charge in [0.1, 0.15) is 0 Å². The summed E-state index contributed by atoms with van der Waals surface area (Å²) in [4.78, 5) is 15.6. The van der Waals surface area contributed by atoms with Crippen LogP contribution in [0.2, 0.25) is 0 Å². The SMILES string of the molecule is CCOP(OCC)c1cc(C)c(/C=C2\C(=O)Nc3ccccc32)[nH]1. The summed E-state index contributed by atoms with van der Waals surface area (Å²) in [5.74, 6) is -0.0800. The summed E-state index contributed by atoms with van der Waals surface area (Å²) in [5, 5.41) is 2.89. The molecule has 0 spiro atoms. The van der Waals surface area contributed by atoms with Crippen molar-refractivity contribution >= 4 is 37.1 Å². The van der Waals surface area contributed by atoms with E-state index in [2.05, 4.69) is 10.3 Å². The fraction of sp³-hybridized carbons (Fsp3) is 0.278. The lowest BCUT2D eigenvalue weighted by molar-refractivity contribution is -0.110. The van der Waals surface area contributed by atoms with Gasteiger partial charge in [-0.05, 0) is 44.5 Å². The Labute approximate surface area is 143 Å². The van der Waals surface area contributed by atoms with Crippen LogP contribution in [0, 0.1) is 6.92 Å². The molecule has 6 heteroatoms. The van der Waals surface area contributed by atoms with Crippen LogP contribution in [0.25, 0.3) is 11.6 Å². The van der Waals surface area contributed by atoms with Crippen LogP contribution >= 0.6 is 8.38 Å². The van der Waals surface area contributed by atoms with Crippen molar-refractivity contribution in [2.45, 2.75) is 20.8 Å². The van der Waals surface area contributed by atoms with Crippen molar-refractivity contribution in [3.63, 3.8) is 0 Å². The number of anilines is 1. The van der Waals surface area contributed by atoms with Gasteiger partial charge >= 0.3 is 0 Å². The molecule has 24 heavy (non-hydrogen) atoms. The molecule has 1 aliphatic heterocycles. The van der Waals surface area contributed by atoms with E-state index in [1.165, 1.54) is 0 Å². The minimum absolute atomic E-state index is 0.0800. The molecule has 1 aromatic heterocycles. The van der Waals surface area contributed by atoms with Gasteiger partial charge in [-0.2, -0.15) is 0 Å².